The van der Waals surface area contributed by atoms with Gasteiger partial charge in [0.05, 0.1) is 38.7 Å². The number of carbonyl (C=O) groups excluding carboxylic acids is 13. The number of amides is 13. The number of aliphatic hydroxyl groups is 3. The second-order valence-electron chi connectivity index (χ2n) is 27.2. The number of H-pyrrole nitrogens is 2. The Kier molecular flexibility index (Phi) is 36.2. The van der Waals surface area contributed by atoms with E-state index in [0.717, 1.165) is 0 Å². The molecule has 4 aromatic rings. The van der Waals surface area contributed by atoms with Gasteiger partial charge in [-0.1, -0.05) is 103 Å². The molecule has 2 aromatic heterocycles. The molecule has 0 radical (unpaired) electrons. The van der Waals surface area contributed by atoms with Gasteiger partial charge in [0.1, 0.15) is 66.5 Å². The van der Waals surface area contributed by atoms with Crippen molar-refractivity contribution in [3.63, 3.8) is 0 Å². The third kappa shape index (κ3) is 27.0. The van der Waals surface area contributed by atoms with Gasteiger partial charge in [-0.25, -0.2) is 4.98 Å². The number of imidazole rings is 1. The number of guanidine groups is 1. The number of primary amides is 1. The van der Waals surface area contributed by atoms with E-state index in [0.29, 0.717) is 66.5 Å². The lowest BCUT2D eigenvalue weighted by molar-refractivity contribution is -0.141. The summed E-state index contributed by atoms with van der Waals surface area (Å²) in [4.78, 5) is 197. The molecule has 37 nitrogen and oxygen atoms in total. The molecule has 14 atom stereocenters. The molecule has 3 heterocycles. The molecular formula is C71H109N21O16. The lowest BCUT2D eigenvalue weighted by Crippen LogP contribution is -2.63. The molecule has 2 aromatic carbocycles. The molecule has 0 saturated carbocycles. The van der Waals surface area contributed by atoms with Crippen LogP contribution in [0.2, 0.25) is 0 Å². The zero-order chi connectivity index (χ0) is 79.7. The highest BCUT2D eigenvalue weighted by Crippen LogP contribution is 2.23. The van der Waals surface area contributed by atoms with Crippen LogP contribution >= 0.6 is 0 Å². The van der Waals surface area contributed by atoms with Gasteiger partial charge in [0.2, 0.25) is 76.8 Å². The van der Waals surface area contributed by atoms with Gasteiger partial charge in [-0.2, -0.15) is 0 Å². The Morgan fingerprint density at radius 1 is 0.574 bits per heavy atom. The van der Waals surface area contributed by atoms with E-state index in [1.54, 1.807) is 102 Å². The first-order chi connectivity index (χ1) is 51.5. The molecule has 1 aliphatic heterocycles. The number of likely N-dealkylation sites (tertiary alicyclic amines) is 1. The summed E-state index contributed by atoms with van der Waals surface area (Å²) >= 11 is 0. The lowest BCUT2D eigenvalue weighted by Gasteiger charge is -2.31. The summed E-state index contributed by atoms with van der Waals surface area (Å²) in [6, 6.07) is -1.35. The van der Waals surface area contributed by atoms with E-state index in [1.165, 1.54) is 17.4 Å². The number of benzene rings is 2. The van der Waals surface area contributed by atoms with Crippen LogP contribution in [-0.2, 0) is 81.6 Å². The number of hydrogen-bond acceptors (Lipinski definition) is 20. The first-order valence-electron chi connectivity index (χ1n) is 36.3. The normalized spacial score (nSPS) is 16.3. The van der Waals surface area contributed by atoms with E-state index in [4.69, 9.17) is 28.7 Å². The Morgan fingerprint density at radius 2 is 1.08 bits per heavy atom. The number of nitrogens with two attached hydrogens (primary N) is 5. The summed E-state index contributed by atoms with van der Waals surface area (Å²) in [5, 5.41) is 59.2. The van der Waals surface area contributed by atoms with Crippen molar-refractivity contribution in [2.45, 2.75) is 191 Å². The van der Waals surface area contributed by atoms with Gasteiger partial charge < -0.3 is 117 Å². The number of nitrogens with zero attached hydrogens (tertiary/aromatic N) is 3. The summed E-state index contributed by atoms with van der Waals surface area (Å²) in [6.07, 6.45) is 5.91. The lowest BCUT2D eigenvalue weighted by atomic mass is 9.94. The molecule has 594 valence electrons. The molecule has 0 unspecified atom stereocenters. The third-order valence-corrected chi connectivity index (χ3v) is 18.8. The molecular weight excluding hydrogens is 1400 g/mol. The van der Waals surface area contributed by atoms with Crippen molar-refractivity contribution in [1.82, 2.24) is 78.3 Å². The first-order valence-corrected chi connectivity index (χ1v) is 36.3. The molecule has 0 aliphatic carbocycles. The van der Waals surface area contributed by atoms with Crippen molar-refractivity contribution in [2.75, 3.05) is 46.0 Å². The number of fused-ring (bicyclic) bond motifs is 1. The largest absolute Gasteiger partial charge is 0.394 e. The second kappa shape index (κ2) is 44.5. The fourth-order valence-electron chi connectivity index (χ4n) is 11.9. The van der Waals surface area contributed by atoms with Crippen LogP contribution in [0.4, 0.5) is 0 Å². The van der Waals surface area contributed by atoms with Crippen LogP contribution < -0.4 is 87.2 Å². The quantitative estimate of drug-likeness (QED) is 0.0112. The highest BCUT2D eigenvalue weighted by Gasteiger charge is 2.41. The van der Waals surface area contributed by atoms with Gasteiger partial charge in [0, 0.05) is 61.3 Å². The standard InChI is InChI=1S/C71H109N21O16/c1-7-39(5)57(68(106)89-52(35-94)65(103)87-51(34-93)59(74)97)91-69(107)58(40(6)8-2)90-66(104)53(36-95)88-64(102)50(30-43-32-77-37-81-43)86-62(100)48(28-41-18-10-9-11-19-41)85-61(99)47(23-16-26-78-71(75)76)83-63(101)49(29-42-31-79-45-21-13-12-20-44(42)45)82-55(96)33-80-60(98)46(22-14-15-25-72)84-67(105)54-24-17-27-92(54)70(108)56(73)38(3)4/h9-13,18-21,31-32,37-40,46-54,56-58,79,93-95H,7-8,14-17,22-30,33-36,72-73H2,1-6H3,(H2,74,97)(H,77,81)(H,80,98)(H,82,96)(H,83,101)(H,84,105)(H,85,99)(H,86,100)(H,87,103)(H,88,102)(H,89,106)(H,90,104)(H,91,107)(H4,75,76,78)/t39-,40-,46-,47-,48+,49-,50-,51-,52-,53-,54-,56-,57-,58-/m1/s1. The van der Waals surface area contributed by atoms with Gasteiger partial charge in [-0.3, -0.25) is 67.3 Å². The van der Waals surface area contributed by atoms with Gasteiger partial charge in [-0.15, -0.1) is 0 Å². The molecule has 13 amide bonds. The Labute approximate surface area is 625 Å². The van der Waals surface area contributed by atoms with Crippen molar-refractivity contribution in [3.8, 4) is 0 Å². The van der Waals surface area contributed by atoms with Crippen LogP contribution in [0, 0.1) is 17.8 Å². The van der Waals surface area contributed by atoms with Crippen LogP contribution in [0.5, 0.6) is 0 Å². The highest BCUT2D eigenvalue weighted by atomic mass is 16.3. The van der Waals surface area contributed by atoms with E-state index in [-0.39, 0.29) is 69.8 Å². The molecule has 26 N–H and O–H groups in total. The number of aliphatic imine (C=N–C) groups is 1. The smallest absolute Gasteiger partial charge is 0.245 e. The number of aromatic amines is 2. The zero-order valence-corrected chi connectivity index (χ0v) is 61.9. The molecule has 37 heteroatoms. The maximum Gasteiger partial charge on any atom is 0.245 e. The number of aliphatic hydroxyl groups excluding tert-OH is 3. The number of aromatic nitrogens is 3. The maximum absolute atomic E-state index is 15.0. The van der Waals surface area contributed by atoms with E-state index < -0.39 is 187 Å². The van der Waals surface area contributed by atoms with Crippen molar-refractivity contribution in [3.05, 3.63) is 90.1 Å². The monoisotopic (exact) mass is 1510 g/mol. The highest BCUT2D eigenvalue weighted by molar-refractivity contribution is 6.00. The zero-order valence-electron chi connectivity index (χ0n) is 61.9. The van der Waals surface area contributed by atoms with E-state index in [2.05, 4.69) is 78.4 Å². The summed E-state index contributed by atoms with van der Waals surface area (Å²) in [7, 11) is 0. The SMILES string of the molecule is CC[C@@H](C)[C@@H](NC(=O)[C@@H](CO)NC(=O)[C@@H](Cc1cnc[nH]1)NC(=O)[C@H](Cc1ccccc1)NC(=O)[C@@H](CCCN=C(N)N)NC(=O)[C@@H](Cc1c[nH]c2ccccc12)NC(=O)CNC(=O)[C@@H](CCCCN)NC(=O)[C@H]1CCCN1C(=O)[C@H](N)C(C)C)C(=O)N[C@@H](C(=O)N[C@H](CO)C(=O)N[C@H](CO)C(N)=O)[C@H](C)CC. The van der Waals surface area contributed by atoms with Crippen LogP contribution in [0.3, 0.4) is 0 Å². The van der Waals surface area contributed by atoms with Crippen molar-refractivity contribution in [2.24, 2.45) is 51.4 Å². The summed E-state index contributed by atoms with van der Waals surface area (Å²) in [5.74, 6) is -13.3. The topological polar surface area (TPSA) is 605 Å². The molecule has 1 aliphatic rings. The molecule has 1 saturated heterocycles. The van der Waals surface area contributed by atoms with E-state index in [1.807, 2.05) is 0 Å². The Bertz CT molecular complexity index is 3690. The molecule has 0 spiro atoms. The minimum Gasteiger partial charge on any atom is -0.394 e. The molecule has 5 rings (SSSR count). The Hall–Kier alpha value is -10.6. The van der Waals surface area contributed by atoms with Crippen LogP contribution in [0.1, 0.15) is 116 Å². The first kappa shape index (κ1) is 88.0. The third-order valence-electron chi connectivity index (χ3n) is 18.8. The Balaban J connectivity index is 1.40. The number of rotatable bonds is 46. The summed E-state index contributed by atoms with van der Waals surface area (Å²) in [5.41, 5.74) is 30.6. The fraction of sp³-hybridized carbons (Fsp3) is 0.563. The maximum atomic E-state index is 15.0. The molecule has 108 heavy (non-hydrogen) atoms. The predicted molar refractivity (Wildman–Crippen MR) is 396 cm³/mol. The van der Waals surface area contributed by atoms with Gasteiger partial charge in [-0.05, 0) is 86.4 Å². The van der Waals surface area contributed by atoms with Gasteiger partial charge in [0.25, 0.3) is 0 Å². The number of unbranched alkanes of at least 4 members (excludes halogenated alkanes) is 1. The molecule has 1 fully saturated rings. The Morgan fingerprint density at radius 3 is 1.66 bits per heavy atom. The summed E-state index contributed by atoms with van der Waals surface area (Å²) < 4.78 is 0. The van der Waals surface area contributed by atoms with Crippen molar-refractivity contribution in [1.29, 1.82) is 0 Å². The van der Waals surface area contributed by atoms with E-state index in [9.17, 15) is 72.9 Å². The van der Waals surface area contributed by atoms with E-state index >= 15 is 4.79 Å². The number of para-hydroxylation sites is 1. The number of carbonyl (C=O) groups is 13. The number of nitrogens with one attached hydrogen (secondary N) is 13. The number of hydrogen-bond donors (Lipinski definition) is 21. The summed E-state index contributed by atoms with van der Waals surface area (Å²) in [6.45, 7) is 7.15. The van der Waals surface area contributed by atoms with Gasteiger partial charge >= 0.3 is 0 Å². The predicted octanol–water partition coefficient (Wildman–Crippen LogP) is -5.41. The van der Waals surface area contributed by atoms with Crippen LogP contribution in [0.15, 0.2) is 78.3 Å². The average molecular weight is 1510 g/mol. The average Bonchev–Trinajstić information content (AvgIpc) is 1.63. The fourth-order valence-corrected chi connectivity index (χ4v) is 11.9. The van der Waals surface area contributed by atoms with Crippen LogP contribution in [0.25, 0.3) is 10.9 Å². The van der Waals surface area contributed by atoms with Crippen molar-refractivity contribution < 1.29 is 77.6 Å². The minimum atomic E-state index is -1.81. The molecule has 0 bridgehead atoms. The van der Waals surface area contributed by atoms with Crippen molar-refractivity contribution >= 4 is 93.7 Å². The second-order valence-corrected chi connectivity index (χ2v) is 27.2. The minimum absolute atomic E-state index is 0.0339. The van der Waals surface area contributed by atoms with Gasteiger partial charge in [0.15, 0.2) is 5.96 Å². The van der Waals surface area contributed by atoms with Crippen LogP contribution in [-0.4, -0.2) is 236 Å².